The second-order valence-electron chi connectivity index (χ2n) is 5.01. The summed E-state index contributed by atoms with van der Waals surface area (Å²) < 4.78 is 1.95. The van der Waals surface area contributed by atoms with Crippen molar-refractivity contribution in [1.82, 2.24) is 15.1 Å². The largest absolute Gasteiger partial charge is 0.394 e. The number of hydrogen-bond acceptors (Lipinski definition) is 4. The SMILES string of the molecule is CCn1nc(C)c(N)c1N1CCC(C(=O)NC)CC1. The van der Waals surface area contributed by atoms with Crippen molar-refractivity contribution < 1.29 is 4.79 Å². The van der Waals surface area contributed by atoms with Crippen molar-refractivity contribution in [3.8, 4) is 0 Å². The summed E-state index contributed by atoms with van der Waals surface area (Å²) in [6.07, 6.45) is 1.74. The monoisotopic (exact) mass is 265 g/mol. The highest BCUT2D eigenvalue weighted by Crippen LogP contribution is 2.30. The van der Waals surface area contributed by atoms with Gasteiger partial charge in [-0.05, 0) is 26.7 Å². The summed E-state index contributed by atoms with van der Waals surface area (Å²) in [6, 6.07) is 0. The van der Waals surface area contributed by atoms with Gasteiger partial charge in [-0.15, -0.1) is 0 Å². The number of rotatable bonds is 3. The van der Waals surface area contributed by atoms with Gasteiger partial charge < -0.3 is 16.0 Å². The molecule has 106 valence electrons. The van der Waals surface area contributed by atoms with Crippen molar-refractivity contribution in [3.05, 3.63) is 5.69 Å². The van der Waals surface area contributed by atoms with Crippen LogP contribution in [0.3, 0.4) is 0 Å². The molecule has 1 amide bonds. The smallest absolute Gasteiger partial charge is 0.222 e. The van der Waals surface area contributed by atoms with Crippen LogP contribution in [0.15, 0.2) is 0 Å². The lowest BCUT2D eigenvalue weighted by Gasteiger charge is -2.33. The maximum atomic E-state index is 11.6. The number of nitrogens with two attached hydrogens (primary N) is 1. The number of aromatic nitrogens is 2. The summed E-state index contributed by atoms with van der Waals surface area (Å²) in [5.41, 5.74) is 7.77. The van der Waals surface area contributed by atoms with E-state index in [0.29, 0.717) is 0 Å². The van der Waals surface area contributed by atoms with Gasteiger partial charge in [0.2, 0.25) is 5.91 Å². The van der Waals surface area contributed by atoms with Gasteiger partial charge >= 0.3 is 0 Å². The highest BCUT2D eigenvalue weighted by Gasteiger charge is 2.27. The molecular weight excluding hydrogens is 242 g/mol. The fourth-order valence-corrected chi connectivity index (χ4v) is 2.69. The van der Waals surface area contributed by atoms with Crippen LogP contribution in [-0.2, 0) is 11.3 Å². The molecule has 0 aliphatic carbocycles. The van der Waals surface area contributed by atoms with E-state index >= 15 is 0 Å². The summed E-state index contributed by atoms with van der Waals surface area (Å²) in [5, 5.41) is 7.17. The molecule has 0 saturated carbocycles. The molecule has 19 heavy (non-hydrogen) atoms. The van der Waals surface area contributed by atoms with Crippen LogP contribution in [0.25, 0.3) is 0 Å². The summed E-state index contributed by atoms with van der Waals surface area (Å²) in [7, 11) is 1.70. The quantitative estimate of drug-likeness (QED) is 0.846. The number of amides is 1. The van der Waals surface area contributed by atoms with Crippen LogP contribution in [0.5, 0.6) is 0 Å². The number of anilines is 2. The number of aryl methyl sites for hydroxylation is 2. The van der Waals surface area contributed by atoms with E-state index in [0.717, 1.165) is 49.7 Å². The lowest BCUT2D eigenvalue weighted by Crippen LogP contribution is -2.40. The van der Waals surface area contributed by atoms with Crippen LogP contribution in [0.1, 0.15) is 25.5 Å². The second kappa shape index (κ2) is 5.50. The van der Waals surface area contributed by atoms with E-state index in [1.807, 2.05) is 11.6 Å². The number of nitrogen functional groups attached to an aromatic ring is 1. The number of carbonyl (C=O) groups is 1. The first-order valence-corrected chi connectivity index (χ1v) is 6.87. The van der Waals surface area contributed by atoms with Crippen LogP contribution in [0.4, 0.5) is 11.5 Å². The Balaban J connectivity index is 2.11. The Kier molecular flexibility index (Phi) is 3.97. The molecular formula is C13H23N5O. The van der Waals surface area contributed by atoms with Gasteiger partial charge in [0.05, 0.1) is 11.4 Å². The first-order valence-electron chi connectivity index (χ1n) is 6.87. The van der Waals surface area contributed by atoms with E-state index in [1.165, 1.54) is 0 Å². The lowest BCUT2D eigenvalue weighted by molar-refractivity contribution is -0.125. The third-order valence-electron chi connectivity index (χ3n) is 3.86. The van der Waals surface area contributed by atoms with E-state index in [2.05, 4.69) is 22.2 Å². The van der Waals surface area contributed by atoms with Crippen molar-refractivity contribution in [2.75, 3.05) is 30.8 Å². The summed E-state index contributed by atoms with van der Waals surface area (Å²) in [4.78, 5) is 13.9. The standard InChI is InChI=1S/C13H23N5O/c1-4-18-13(11(14)9(2)16-18)17-7-5-10(6-8-17)12(19)15-3/h10H,4-8,14H2,1-3H3,(H,15,19). The van der Waals surface area contributed by atoms with Gasteiger partial charge in [0, 0.05) is 32.6 Å². The Bertz CT molecular complexity index is 460. The molecule has 0 unspecified atom stereocenters. The van der Waals surface area contributed by atoms with E-state index in [9.17, 15) is 4.79 Å². The molecule has 0 bridgehead atoms. The average molecular weight is 265 g/mol. The zero-order valence-electron chi connectivity index (χ0n) is 11.9. The molecule has 1 fully saturated rings. The molecule has 6 heteroatoms. The molecule has 6 nitrogen and oxygen atoms in total. The molecule has 0 radical (unpaired) electrons. The molecule has 0 spiro atoms. The van der Waals surface area contributed by atoms with Gasteiger partial charge in [-0.1, -0.05) is 0 Å². The number of carbonyl (C=O) groups excluding carboxylic acids is 1. The minimum Gasteiger partial charge on any atom is -0.394 e. The Morgan fingerprint density at radius 3 is 2.63 bits per heavy atom. The highest BCUT2D eigenvalue weighted by molar-refractivity contribution is 5.78. The number of hydrogen-bond donors (Lipinski definition) is 2. The van der Waals surface area contributed by atoms with Crippen molar-refractivity contribution in [3.63, 3.8) is 0 Å². The maximum Gasteiger partial charge on any atom is 0.222 e. The number of nitrogens with one attached hydrogen (secondary N) is 1. The summed E-state index contributed by atoms with van der Waals surface area (Å²) >= 11 is 0. The minimum absolute atomic E-state index is 0.126. The van der Waals surface area contributed by atoms with Gasteiger partial charge in [0.1, 0.15) is 0 Å². The summed E-state index contributed by atoms with van der Waals surface area (Å²) in [5.74, 6) is 1.28. The normalized spacial score (nSPS) is 16.7. The Labute approximate surface area is 113 Å². The maximum absolute atomic E-state index is 11.6. The fraction of sp³-hybridized carbons (Fsp3) is 0.692. The van der Waals surface area contributed by atoms with Crippen molar-refractivity contribution in [2.45, 2.75) is 33.2 Å². The van der Waals surface area contributed by atoms with Crippen LogP contribution in [0.2, 0.25) is 0 Å². The highest BCUT2D eigenvalue weighted by atomic mass is 16.1. The third kappa shape index (κ3) is 2.52. The molecule has 0 atom stereocenters. The zero-order chi connectivity index (χ0) is 14.0. The van der Waals surface area contributed by atoms with E-state index < -0.39 is 0 Å². The predicted octanol–water partition coefficient (Wildman–Crippen LogP) is 0.756. The van der Waals surface area contributed by atoms with Crippen LogP contribution < -0.4 is 16.0 Å². The molecule has 2 rings (SSSR count). The van der Waals surface area contributed by atoms with Gasteiger partial charge in [-0.2, -0.15) is 5.10 Å². The van der Waals surface area contributed by atoms with Crippen molar-refractivity contribution >= 4 is 17.4 Å². The first-order chi connectivity index (χ1) is 9.08. The number of nitrogens with zero attached hydrogens (tertiary/aromatic N) is 3. The van der Waals surface area contributed by atoms with Crippen LogP contribution >= 0.6 is 0 Å². The van der Waals surface area contributed by atoms with Gasteiger partial charge in [0.15, 0.2) is 5.82 Å². The molecule has 0 aromatic carbocycles. The molecule has 3 N–H and O–H groups in total. The second-order valence-corrected chi connectivity index (χ2v) is 5.01. The van der Waals surface area contributed by atoms with Gasteiger partial charge in [0.25, 0.3) is 0 Å². The molecule has 1 aliphatic rings. The third-order valence-corrected chi connectivity index (χ3v) is 3.86. The minimum atomic E-state index is 0.126. The lowest BCUT2D eigenvalue weighted by atomic mass is 9.96. The molecule has 1 aromatic heterocycles. The predicted molar refractivity (Wildman–Crippen MR) is 76.1 cm³/mol. The van der Waals surface area contributed by atoms with Crippen LogP contribution in [-0.4, -0.2) is 35.8 Å². The number of piperidine rings is 1. The Hall–Kier alpha value is -1.72. The Morgan fingerprint density at radius 2 is 2.11 bits per heavy atom. The fourth-order valence-electron chi connectivity index (χ4n) is 2.69. The first kappa shape index (κ1) is 13.7. The van der Waals surface area contributed by atoms with E-state index in [1.54, 1.807) is 7.05 Å². The molecule has 1 saturated heterocycles. The zero-order valence-corrected chi connectivity index (χ0v) is 11.9. The molecule has 2 heterocycles. The molecule has 1 aromatic rings. The van der Waals surface area contributed by atoms with E-state index in [-0.39, 0.29) is 11.8 Å². The topological polar surface area (TPSA) is 76.2 Å². The van der Waals surface area contributed by atoms with Crippen LogP contribution in [0, 0.1) is 12.8 Å². The van der Waals surface area contributed by atoms with Crippen molar-refractivity contribution in [1.29, 1.82) is 0 Å². The van der Waals surface area contributed by atoms with E-state index in [4.69, 9.17) is 5.73 Å². The molecule has 1 aliphatic heterocycles. The summed E-state index contributed by atoms with van der Waals surface area (Å²) in [6.45, 7) is 6.51. The average Bonchev–Trinajstić information content (AvgIpc) is 2.73. The van der Waals surface area contributed by atoms with Gasteiger partial charge in [-0.3, -0.25) is 4.79 Å². The Morgan fingerprint density at radius 1 is 1.47 bits per heavy atom. The van der Waals surface area contributed by atoms with Gasteiger partial charge in [-0.25, -0.2) is 4.68 Å². The van der Waals surface area contributed by atoms with Crippen molar-refractivity contribution in [2.24, 2.45) is 5.92 Å².